The van der Waals surface area contributed by atoms with Gasteiger partial charge in [0.2, 0.25) is 5.79 Å². The van der Waals surface area contributed by atoms with Crippen molar-refractivity contribution < 1.29 is 35.1 Å². The summed E-state index contributed by atoms with van der Waals surface area (Å²) >= 11 is 0. The van der Waals surface area contributed by atoms with Gasteiger partial charge in [-0.25, -0.2) is 0 Å². The maximum atomic E-state index is 10.3. The molecule has 7 heteroatoms. The van der Waals surface area contributed by atoms with Crippen molar-refractivity contribution in [2.24, 2.45) is 0 Å². The molecule has 1 aliphatic rings. The van der Waals surface area contributed by atoms with Crippen LogP contribution in [0.3, 0.4) is 0 Å². The number of ether oxygens (including phenoxy) is 1. The molecule has 0 saturated carbocycles. The fourth-order valence-corrected chi connectivity index (χ4v) is 1.11. The number of aliphatic hydroxyl groups is 4. The van der Waals surface area contributed by atoms with Crippen LogP contribution >= 0.6 is 0 Å². The predicted molar refractivity (Wildman–Crippen MR) is 33.9 cm³/mol. The summed E-state index contributed by atoms with van der Waals surface area (Å²) in [7, 11) is 0. The molecule has 0 aromatic heterocycles. The van der Waals surface area contributed by atoms with Gasteiger partial charge in [-0.05, 0) is 0 Å². The summed E-state index contributed by atoms with van der Waals surface area (Å²) in [6.07, 6.45) is -5.53. The highest BCUT2D eigenvalue weighted by Gasteiger charge is 2.53. The Labute approximate surface area is 72.8 Å². The number of aliphatic carboxylic acids is 1. The standard InChI is InChI=1S/C6H10O7/c7-1-6(12)4(9)2(8)3(13-6)5(10)11/h2-4,7-9,12H,1H2,(H,10,11)/p-1/t2-,3+,4+,6?/m1/s1. The van der Waals surface area contributed by atoms with E-state index in [-0.39, 0.29) is 0 Å². The van der Waals surface area contributed by atoms with Crippen LogP contribution in [0, 0.1) is 0 Å². The third-order valence-electron chi connectivity index (χ3n) is 1.89. The van der Waals surface area contributed by atoms with E-state index in [4.69, 9.17) is 15.3 Å². The number of carbonyl (C=O) groups is 1. The van der Waals surface area contributed by atoms with Crippen molar-refractivity contribution in [3.63, 3.8) is 0 Å². The van der Waals surface area contributed by atoms with E-state index in [0.29, 0.717) is 0 Å². The van der Waals surface area contributed by atoms with Crippen LogP contribution in [0.2, 0.25) is 0 Å². The molecule has 0 aromatic carbocycles. The first-order chi connectivity index (χ1) is 5.92. The fourth-order valence-electron chi connectivity index (χ4n) is 1.11. The first-order valence-electron chi connectivity index (χ1n) is 3.50. The van der Waals surface area contributed by atoms with E-state index in [1.54, 1.807) is 0 Å². The molecular formula is C6H9O7-. The Morgan fingerprint density at radius 1 is 1.54 bits per heavy atom. The van der Waals surface area contributed by atoms with Crippen molar-refractivity contribution >= 4 is 5.97 Å². The lowest BCUT2D eigenvalue weighted by atomic mass is 10.1. The van der Waals surface area contributed by atoms with Gasteiger partial charge in [-0.1, -0.05) is 0 Å². The van der Waals surface area contributed by atoms with Crippen molar-refractivity contribution in [1.82, 2.24) is 0 Å². The van der Waals surface area contributed by atoms with Gasteiger partial charge in [-0.3, -0.25) is 0 Å². The third kappa shape index (κ3) is 1.52. The Kier molecular flexibility index (Phi) is 2.55. The molecule has 0 aliphatic carbocycles. The van der Waals surface area contributed by atoms with Crippen molar-refractivity contribution in [3.8, 4) is 0 Å². The minimum absolute atomic E-state index is 1.02. The van der Waals surface area contributed by atoms with Crippen LogP contribution in [0.25, 0.3) is 0 Å². The van der Waals surface area contributed by atoms with E-state index in [1.807, 2.05) is 0 Å². The van der Waals surface area contributed by atoms with E-state index in [2.05, 4.69) is 4.74 Å². The molecule has 1 saturated heterocycles. The maximum absolute atomic E-state index is 10.3. The highest BCUT2D eigenvalue weighted by Crippen LogP contribution is 2.28. The first-order valence-corrected chi connectivity index (χ1v) is 3.50. The zero-order valence-corrected chi connectivity index (χ0v) is 6.45. The van der Waals surface area contributed by atoms with Gasteiger partial charge in [0.15, 0.2) is 0 Å². The summed E-state index contributed by atoms with van der Waals surface area (Å²) in [6.45, 7) is -1.02. The van der Waals surface area contributed by atoms with Crippen molar-refractivity contribution in [1.29, 1.82) is 0 Å². The maximum Gasteiger partial charge on any atom is 0.219 e. The lowest BCUT2D eigenvalue weighted by molar-refractivity contribution is -0.326. The summed E-state index contributed by atoms with van der Waals surface area (Å²) in [5, 5.41) is 46.1. The molecule has 1 fully saturated rings. The van der Waals surface area contributed by atoms with E-state index in [9.17, 15) is 15.0 Å². The average Bonchev–Trinajstić information content (AvgIpc) is 2.31. The van der Waals surface area contributed by atoms with Gasteiger partial charge < -0.3 is 35.1 Å². The highest BCUT2D eigenvalue weighted by molar-refractivity contribution is 5.71. The Morgan fingerprint density at radius 3 is 2.31 bits per heavy atom. The summed E-state index contributed by atoms with van der Waals surface area (Å²) in [4.78, 5) is 10.3. The molecule has 7 nitrogen and oxygen atoms in total. The summed E-state index contributed by atoms with van der Waals surface area (Å²) < 4.78 is 4.33. The molecule has 0 radical (unpaired) electrons. The van der Waals surface area contributed by atoms with Gasteiger partial charge in [0.05, 0.1) is 12.6 Å². The smallest absolute Gasteiger partial charge is 0.219 e. The Hall–Kier alpha value is -0.730. The zero-order chi connectivity index (χ0) is 10.2. The van der Waals surface area contributed by atoms with Crippen molar-refractivity contribution in [2.45, 2.75) is 24.1 Å². The molecule has 0 spiro atoms. The largest absolute Gasteiger partial charge is 0.547 e. The number of hydrogen-bond donors (Lipinski definition) is 4. The molecule has 0 aromatic rings. The van der Waals surface area contributed by atoms with Crippen LogP contribution in [-0.2, 0) is 9.53 Å². The van der Waals surface area contributed by atoms with Crippen LogP contribution < -0.4 is 5.11 Å². The molecule has 1 rings (SSSR count). The van der Waals surface area contributed by atoms with Gasteiger partial charge in [0, 0.05) is 0 Å². The topological polar surface area (TPSA) is 130 Å². The monoisotopic (exact) mass is 193 g/mol. The van der Waals surface area contributed by atoms with Gasteiger partial charge in [0.25, 0.3) is 0 Å². The second-order valence-electron chi connectivity index (χ2n) is 2.80. The number of carbonyl (C=O) groups excluding carboxylic acids is 1. The van der Waals surface area contributed by atoms with Crippen molar-refractivity contribution in [2.75, 3.05) is 6.61 Å². The molecular weight excluding hydrogens is 184 g/mol. The summed E-state index contributed by atoms with van der Waals surface area (Å²) in [5.41, 5.74) is 0. The first kappa shape index (κ1) is 10.4. The molecule has 4 atom stereocenters. The van der Waals surface area contributed by atoms with E-state index < -0.39 is 36.7 Å². The fraction of sp³-hybridized carbons (Fsp3) is 0.833. The minimum atomic E-state index is -2.44. The van der Waals surface area contributed by atoms with Crippen LogP contribution in [0.5, 0.6) is 0 Å². The molecule has 13 heavy (non-hydrogen) atoms. The second kappa shape index (κ2) is 3.20. The van der Waals surface area contributed by atoms with Gasteiger partial charge in [-0.2, -0.15) is 0 Å². The number of aliphatic hydroxyl groups excluding tert-OH is 3. The average molecular weight is 193 g/mol. The normalized spacial score (nSPS) is 45.1. The van der Waals surface area contributed by atoms with E-state index >= 15 is 0 Å². The Bertz CT molecular complexity index is 217. The molecule has 0 bridgehead atoms. The predicted octanol–water partition coefficient (Wildman–Crippen LogP) is -4.46. The van der Waals surface area contributed by atoms with Crippen LogP contribution in [0.4, 0.5) is 0 Å². The van der Waals surface area contributed by atoms with Gasteiger partial charge in [0.1, 0.15) is 18.3 Å². The number of rotatable bonds is 2. The number of carboxylic acids is 1. The highest BCUT2D eigenvalue weighted by atomic mass is 16.7. The quantitative estimate of drug-likeness (QED) is 0.348. The lowest BCUT2D eigenvalue weighted by Crippen LogP contribution is -2.46. The van der Waals surface area contributed by atoms with Crippen molar-refractivity contribution in [3.05, 3.63) is 0 Å². The van der Waals surface area contributed by atoms with E-state index in [1.165, 1.54) is 0 Å². The van der Waals surface area contributed by atoms with Crippen LogP contribution in [-0.4, -0.2) is 57.1 Å². The molecule has 76 valence electrons. The molecule has 1 unspecified atom stereocenters. The third-order valence-corrected chi connectivity index (χ3v) is 1.89. The van der Waals surface area contributed by atoms with Gasteiger partial charge >= 0.3 is 0 Å². The molecule has 1 heterocycles. The summed E-state index contributed by atoms with van der Waals surface area (Å²) in [6, 6.07) is 0. The van der Waals surface area contributed by atoms with E-state index in [0.717, 1.165) is 0 Å². The molecule has 0 amide bonds. The second-order valence-corrected chi connectivity index (χ2v) is 2.80. The summed E-state index contributed by atoms with van der Waals surface area (Å²) in [5.74, 6) is -4.21. The zero-order valence-electron chi connectivity index (χ0n) is 6.45. The lowest BCUT2D eigenvalue weighted by Gasteiger charge is -2.22. The SMILES string of the molecule is O=C([O-])[C@H]1OC(O)(CO)[C@@H](O)[C@@H]1O. The van der Waals surface area contributed by atoms with Crippen LogP contribution in [0.1, 0.15) is 0 Å². The number of hydrogen-bond acceptors (Lipinski definition) is 7. The van der Waals surface area contributed by atoms with Crippen LogP contribution in [0.15, 0.2) is 0 Å². The Balaban J connectivity index is 2.84. The number of carboxylic acid groups (broad SMARTS) is 1. The van der Waals surface area contributed by atoms with Gasteiger partial charge in [-0.15, -0.1) is 0 Å². The molecule has 1 aliphatic heterocycles. The minimum Gasteiger partial charge on any atom is -0.547 e. The molecule has 4 N–H and O–H groups in total. The Morgan fingerprint density at radius 2 is 2.08 bits per heavy atom.